The van der Waals surface area contributed by atoms with Crippen LogP contribution >= 0.6 is 0 Å². The molecule has 0 spiro atoms. The van der Waals surface area contributed by atoms with Crippen LogP contribution in [0.25, 0.3) is 16.7 Å². The molecule has 19 heavy (non-hydrogen) atoms. The van der Waals surface area contributed by atoms with Crippen molar-refractivity contribution in [3.63, 3.8) is 0 Å². The highest BCUT2D eigenvalue weighted by Crippen LogP contribution is 2.28. The summed E-state index contributed by atoms with van der Waals surface area (Å²) in [5.74, 6) is 0. The Labute approximate surface area is 115 Å². The molecule has 0 saturated carbocycles. The number of rotatable bonds is 3. The van der Waals surface area contributed by atoms with Crippen molar-refractivity contribution in [1.82, 2.24) is 0 Å². The molecule has 0 amide bonds. The third-order valence-corrected chi connectivity index (χ3v) is 3.13. The first kappa shape index (κ1) is 13.2. The molecule has 1 nitrogen and oxygen atoms in total. The molecule has 2 aromatic rings. The molecule has 0 heterocycles. The minimum absolute atomic E-state index is 0.811. The normalized spacial score (nSPS) is 12.0. The summed E-state index contributed by atoms with van der Waals surface area (Å²) >= 11 is 0. The summed E-state index contributed by atoms with van der Waals surface area (Å²) in [6.45, 7) is 4.05. The molecule has 0 bridgehead atoms. The van der Waals surface area contributed by atoms with Crippen LogP contribution in [0.1, 0.15) is 19.4 Å². The lowest BCUT2D eigenvalue weighted by Gasteiger charge is -2.10. The fourth-order valence-corrected chi connectivity index (χ4v) is 2.14. The molecule has 2 aromatic carbocycles. The Morgan fingerprint density at radius 1 is 0.947 bits per heavy atom. The van der Waals surface area contributed by atoms with Gasteiger partial charge in [0.25, 0.3) is 0 Å². The van der Waals surface area contributed by atoms with E-state index in [0.717, 1.165) is 16.8 Å². The fraction of sp³-hybridized carbons (Fsp3) is 0.111. The SMILES string of the molecule is C/C=C\C(=C/C)c1cc(-c2ccccc2)ccc1N. The molecular formula is C18H19N. The van der Waals surface area contributed by atoms with Crippen LogP contribution in [0.2, 0.25) is 0 Å². The first-order valence-electron chi connectivity index (χ1n) is 6.50. The standard InChI is InChI=1S/C18H19N/c1-3-8-14(4-2)17-13-16(11-12-18(17)19)15-9-6-5-7-10-15/h3-13H,19H2,1-2H3/b8-3-,14-4+. The van der Waals surface area contributed by atoms with Crippen molar-refractivity contribution in [2.75, 3.05) is 5.73 Å². The Morgan fingerprint density at radius 3 is 2.32 bits per heavy atom. The smallest absolute Gasteiger partial charge is 0.0394 e. The van der Waals surface area contributed by atoms with Crippen molar-refractivity contribution in [1.29, 1.82) is 0 Å². The lowest BCUT2D eigenvalue weighted by molar-refractivity contribution is 1.55. The Balaban J connectivity index is 2.52. The number of hydrogen-bond acceptors (Lipinski definition) is 1. The quantitative estimate of drug-likeness (QED) is 0.606. The molecule has 0 unspecified atom stereocenters. The van der Waals surface area contributed by atoms with E-state index in [4.69, 9.17) is 5.73 Å². The maximum Gasteiger partial charge on any atom is 0.0394 e. The second-order valence-electron chi connectivity index (χ2n) is 4.41. The van der Waals surface area contributed by atoms with Gasteiger partial charge >= 0.3 is 0 Å². The molecule has 0 fully saturated rings. The van der Waals surface area contributed by atoms with Gasteiger partial charge in [-0.2, -0.15) is 0 Å². The van der Waals surface area contributed by atoms with Gasteiger partial charge < -0.3 is 5.73 Å². The van der Waals surface area contributed by atoms with E-state index in [-0.39, 0.29) is 0 Å². The monoisotopic (exact) mass is 249 g/mol. The second-order valence-corrected chi connectivity index (χ2v) is 4.41. The lowest BCUT2D eigenvalue weighted by atomic mass is 9.97. The van der Waals surface area contributed by atoms with E-state index in [1.165, 1.54) is 11.1 Å². The summed E-state index contributed by atoms with van der Waals surface area (Å²) in [4.78, 5) is 0. The van der Waals surface area contributed by atoms with E-state index >= 15 is 0 Å². The zero-order valence-electron chi connectivity index (χ0n) is 11.4. The van der Waals surface area contributed by atoms with Crippen molar-refractivity contribution in [3.05, 3.63) is 72.3 Å². The molecule has 2 N–H and O–H groups in total. The first-order valence-corrected chi connectivity index (χ1v) is 6.50. The molecule has 0 aromatic heterocycles. The zero-order chi connectivity index (χ0) is 13.7. The number of allylic oxidation sites excluding steroid dienone is 4. The molecule has 0 saturated heterocycles. The van der Waals surface area contributed by atoms with Crippen molar-refractivity contribution < 1.29 is 0 Å². The summed E-state index contributed by atoms with van der Waals surface area (Å²) in [5.41, 5.74) is 11.5. The van der Waals surface area contributed by atoms with Crippen LogP contribution in [-0.2, 0) is 0 Å². The average Bonchev–Trinajstić information content (AvgIpc) is 2.46. The van der Waals surface area contributed by atoms with Crippen LogP contribution in [0.15, 0.2) is 66.8 Å². The van der Waals surface area contributed by atoms with Crippen LogP contribution in [0, 0.1) is 0 Å². The maximum absolute atomic E-state index is 6.10. The molecule has 96 valence electrons. The van der Waals surface area contributed by atoms with E-state index in [0.29, 0.717) is 0 Å². The minimum atomic E-state index is 0.811. The zero-order valence-corrected chi connectivity index (χ0v) is 11.4. The number of anilines is 1. The number of hydrogen-bond donors (Lipinski definition) is 1. The predicted octanol–water partition coefficient (Wildman–Crippen LogP) is 4.92. The van der Waals surface area contributed by atoms with E-state index in [2.05, 4.69) is 36.4 Å². The molecule has 0 aliphatic carbocycles. The average molecular weight is 249 g/mol. The van der Waals surface area contributed by atoms with Gasteiger partial charge in [0, 0.05) is 11.3 Å². The largest absolute Gasteiger partial charge is 0.398 e. The van der Waals surface area contributed by atoms with Gasteiger partial charge in [0.15, 0.2) is 0 Å². The summed E-state index contributed by atoms with van der Waals surface area (Å²) in [6, 6.07) is 16.5. The molecule has 0 atom stereocenters. The minimum Gasteiger partial charge on any atom is -0.398 e. The molecule has 0 aliphatic heterocycles. The number of nitrogen functional groups attached to an aromatic ring is 1. The molecule has 1 heteroatoms. The van der Waals surface area contributed by atoms with E-state index in [1.54, 1.807) is 0 Å². The Morgan fingerprint density at radius 2 is 1.68 bits per heavy atom. The van der Waals surface area contributed by atoms with Gasteiger partial charge in [0.05, 0.1) is 0 Å². The summed E-state index contributed by atoms with van der Waals surface area (Å²) in [5, 5.41) is 0. The Bertz CT molecular complexity index is 607. The second kappa shape index (κ2) is 6.05. The van der Waals surface area contributed by atoms with Gasteiger partial charge in [-0.1, -0.05) is 54.6 Å². The van der Waals surface area contributed by atoms with Crippen LogP contribution in [0.5, 0.6) is 0 Å². The fourth-order valence-electron chi connectivity index (χ4n) is 2.14. The topological polar surface area (TPSA) is 26.0 Å². The predicted molar refractivity (Wildman–Crippen MR) is 84.8 cm³/mol. The number of benzene rings is 2. The van der Waals surface area contributed by atoms with E-state index < -0.39 is 0 Å². The van der Waals surface area contributed by atoms with Crippen LogP contribution in [0.4, 0.5) is 5.69 Å². The third-order valence-electron chi connectivity index (χ3n) is 3.13. The van der Waals surface area contributed by atoms with Gasteiger partial charge in [-0.25, -0.2) is 0 Å². The van der Waals surface area contributed by atoms with E-state index in [1.807, 2.05) is 44.2 Å². The van der Waals surface area contributed by atoms with Gasteiger partial charge in [-0.05, 0) is 42.7 Å². The molecule has 2 rings (SSSR count). The van der Waals surface area contributed by atoms with Gasteiger partial charge in [-0.15, -0.1) is 0 Å². The van der Waals surface area contributed by atoms with Crippen LogP contribution < -0.4 is 5.73 Å². The van der Waals surface area contributed by atoms with Crippen molar-refractivity contribution >= 4 is 11.3 Å². The van der Waals surface area contributed by atoms with Crippen LogP contribution in [-0.4, -0.2) is 0 Å². The highest BCUT2D eigenvalue weighted by molar-refractivity contribution is 5.84. The maximum atomic E-state index is 6.10. The van der Waals surface area contributed by atoms with Crippen molar-refractivity contribution in [2.45, 2.75) is 13.8 Å². The van der Waals surface area contributed by atoms with Crippen molar-refractivity contribution in [2.24, 2.45) is 0 Å². The molecule has 0 radical (unpaired) electrons. The molecular weight excluding hydrogens is 230 g/mol. The van der Waals surface area contributed by atoms with E-state index in [9.17, 15) is 0 Å². The van der Waals surface area contributed by atoms with Gasteiger partial charge in [0.2, 0.25) is 0 Å². The highest BCUT2D eigenvalue weighted by Gasteiger charge is 2.05. The highest BCUT2D eigenvalue weighted by atomic mass is 14.6. The summed E-state index contributed by atoms with van der Waals surface area (Å²) in [6.07, 6.45) is 6.20. The summed E-state index contributed by atoms with van der Waals surface area (Å²) < 4.78 is 0. The molecule has 0 aliphatic rings. The Hall–Kier alpha value is -2.28. The van der Waals surface area contributed by atoms with Gasteiger partial charge in [-0.3, -0.25) is 0 Å². The third kappa shape index (κ3) is 2.94. The van der Waals surface area contributed by atoms with Gasteiger partial charge in [0.1, 0.15) is 0 Å². The first-order chi connectivity index (χ1) is 9.26. The van der Waals surface area contributed by atoms with Crippen molar-refractivity contribution in [3.8, 4) is 11.1 Å². The Kier molecular flexibility index (Phi) is 4.19. The van der Waals surface area contributed by atoms with Crippen LogP contribution in [0.3, 0.4) is 0 Å². The number of nitrogens with two attached hydrogens (primary N) is 1. The lowest BCUT2D eigenvalue weighted by Crippen LogP contribution is -1.93. The summed E-state index contributed by atoms with van der Waals surface area (Å²) in [7, 11) is 0.